The first-order valence-corrected chi connectivity index (χ1v) is 10.8. The van der Waals surface area contributed by atoms with Gasteiger partial charge in [-0.2, -0.15) is 0 Å². The molecule has 4 rings (SSSR count). The van der Waals surface area contributed by atoms with Crippen molar-refractivity contribution in [3.05, 3.63) is 125 Å². The first-order chi connectivity index (χ1) is 17.6. The van der Waals surface area contributed by atoms with Gasteiger partial charge in [-0.15, -0.1) is 0 Å². The molecule has 0 aliphatic rings. The van der Waals surface area contributed by atoms with E-state index in [1.165, 1.54) is 36.4 Å². The minimum Gasteiger partial charge on any atom is -0.209 e. The second kappa shape index (κ2) is 10.4. The van der Waals surface area contributed by atoms with Crippen LogP contribution in [-0.2, 0) is 0 Å². The monoisotopic (exact) mass is 516 g/mol. The van der Waals surface area contributed by atoms with E-state index in [0.717, 1.165) is 19.1 Å². The largest absolute Gasteiger partial charge is 0.209 e. The van der Waals surface area contributed by atoms with E-state index in [1.807, 2.05) is 0 Å². The molecule has 0 bridgehead atoms. The van der Waals surface area contributed by atoms with Gasteiger partial charge >= 0.3 is 0 Å². The van der Waals surface area contributed by atoms with E-state index in [4.69, 9.17) is 0 Å². The molecule has 188 valence electrons. The van der Waals surface area contributed by atoms with Crippen LogP contribution in [0.2, 0.25) is 0 Å². The highest BCUT2D eigenvalue weighted by Crippen LogP contribution is 2.34. The van der Waals surface area contributed by atoms with E-state index in [1.54, 1.807) is 12.1 Å². The van der Waals surface area contributed by atoms with Crippen LogP contribution in [-0.4, -0.2) is 0 Å². The summed E-state index contributed by atoms with van der Waals surface area (Å²) < 4.78 is 111. The lowest BCUT2D eigenvalue weighted by Gasteiger charge is -2.08. The predicted octanol–water partition coefficient (Wildman–Crippen LogP) is 9.97. The quantitative estimate of drug-likeness (QED) is 0.141. The highest BCUT2D eigenvalue weighted by molar-refractivity contribution is 5.84. The Labute approximate surface area is 206 Å². The normalized spacial score (nSPS) is 12.8. The van der Waals surface area contributed by atoms with Crippen molar-refractivity contribution in [3.63, 3.8) is 0 Å². The first kappa shape index (κ1) is 25.9. The molecule has 0 nitrogen and oxygen atoms in total. The maximum Gasteiger partial charge on any atom is 0.194 e. The van der Waals surface area contributed by atoms with Gasteiger partial charge in [0, 0.05) is 22.3 Å². The van der Waals surface area contributed by atoms with Crippen molar-refractivity contribution < 1.29 is 35.1 Å². The first-order valence-electron chi connectivity index (χ1n) is 10.8. The molecular formula is C29H16F8. The lowest BCUT2D eigenvalue weighted by Crippen LogP contribution is -1.94. The molecule has 0 spiro atoms. The van der Waals surface area contributed by atoms with E-state index in [-0.39, 0.29) is 22.3 Å². The molecular weight excluding hydrogens is 500 g/mol. The van der Waals surface area contributed by atoms with Crippen LogP contribution < -0.4 is 0 Å². The topological polar surface area (TPSA) is 0 Å². The third-order valence-electron chi connectivity index (χ3n) is 5.62. The van der Waals surface area contributed by atoms with Gasteiger partial charge in [-0.25, -0.2) is 35.1 Å². The molecule has 4 aromatic rings. The van der Waals surface area contributed by atoms with Gasteiger partial charge in [0.05, 0.1) is 0 Å². The number of benzene rings is 4. The molecule has 0 heterocycles. The summed E-state index contributed by atoms with van der Waals surface area (Å²) in [5.41, 5.74) is 0.0284. The van der Waals surface area contributed by atoms with E-state index < -0.39 is 52.1 Å². The Balaban J connectivity index is 1.60. The van der Waals surface area contributed by atoms with Crippen LogP contribution in [0.25, 0.3) is 39.7 Å². The van der Waals surface area contributed by atoms with Crippen molar-refractivity contribution in [3.8, 4) is 22.3 Å². The summed E-state index contributed by atoms with van der Waals surface area (Å²) in [4.78, 5) is 0. The van der Waals surface area contributed by atoms with Gasteiger partial charge in [0.15, 0.2) is 34.9 Å². The smallest absolute Gasteiger partial charge is 0.194 e. The van der Waals surface area contributed by atoms with Crippen LogP contribution in [0.1, 0.15) is 23.6 Å². The number of hydrogen-bond donors (Lipinski definition) is 0. The van der Waals surface area contributed by atoms with Gasteiger partial charge in [0.1, 0.15) is 11.6 Å². The van der Waals surface area contributed by atoms with Crippen LogP contribution in [0, 0.1) is 23.3 Å². The molecule has 4 aromatic carbocycles. The Morgan fingerprint density at radius 1 is 0.459 bits per heavy atom. The van der Waals surface area contributed by atoms with Crippen LogP contribution >= 0.6 is 0 Å². The minimum atomic E-state index is -1.71. The molecule has 37 heavy (non-hydrogen) atoms. The number of hydrogen-bond acceptors (Lipinski definition) is 0. The molecule has 0 N–H and O–H groups in total. The van der Waals surface area contributed by atoms with Crippen molar-refractivity contribution in [2.24, 2.45) is 0 Å². The Bertz CT molecular complexity index is 1500. The van der Waals surface area contributed by atoms with E-state index in [9.17, 15) is 35.1 Å². The van der Waals surface area contributed by atoms with Gasteiger partial charge in [-0.1, -0.05) is 60.7 Å². The van der Waals surface area contributed by atoms with E-state index >= 15 is 0 Å². The van der Waals surface area contributed by atoms with Crippen LogP contribution in [0.15, 0.2) is 84.7 Å². The predicted molar refractivity (Wildman–Crippen MR) is 127 cm³/mol. The second-order valence-corrected chi connectivity index (χ2v) is 8.08. The summed E-state index contributed by atoms with van der Waals surface area (Å²) in [6.07, 6.45) is 0. The van der Waals surface area contributed by atoms with Crippen LogP contribution in [0.5, 0.6) is 0 Å². The average molecular weight is 516 g/mol. The molecule has 0 amide bonds. The van der Waals surface area contributed by atoms with Gasteiger partial charge in [-0.3, -0.25) is 0 Å². The number of halogens is 8. The maximum atomic E-state index is 14.8. The van der Waals surface area contributed by atoms with Gasteiger partial charge < -0.3 is 0 Å². The number of rotatable bonds is 5. The lowest BCUT2D eigenvalue weighted by molar-refractivity contribution is 0.447. The third kappa shape index (κ3) is 5.33. The molecule has 0 fully saturated rings. The maximum absolute atomic E-state index is 14.8. The molecule has 0 saturated carbocycles. The molecule has 0 unspecified atom stereocenters. The molecule has 0 radical (unpaired) electrons. The van der Waals surface area contributed by atoms with Crippen LogP contribution in [0.4, 0.5) is 35.1 Å². The van der Waals surface area contributed by atoms with Crippen molar-refractivity contribution >= 4 is 17.5 Å². The van der Waals surface area contributed by atoms with Crippen molar-refractivity contribution in [1.29, 1.82) is 0 Å². The Kier molecular flexibility index (Phi) is 7.29. The van der Waals surface area contributed by atoms with Gasteiger partial charge in [0.25, 0.3) is 0 Å². The molecule has 0 saturated heterocycles. The summed E-state index contributed by atoms with van der Waals surface area (Å²) in [5.74, 6) is -10.4. The highest BCUT2D eigenvalue weighted by Gasteiger charge is 2.17. The van der Waals surface area contributed by atoms with Crippen molar-refractivity contribution in [2.45, 2.75) is 6.92 Å². The summed E-state index contributed by atoms with van der Waals surface area (Å²) >= 11 is 0. The molecule has 0 aliphatic heterocycles. The Morgan fingerprint density at radius 2 is 0.892 bits per heavy atom. The molecule has 0 aliphatic carbocycles. The fraction of sp³-hybridized carbons (Fsp3) is 0.0345. The van der Waals surface area contributed by atoms with Crippen LogP contribution in [0.3, 0.4) is 0 Å². The lowest BCUT2D eigenvalue weighted by atomic mass is 10.00. The third-order valence-corrected chi connectivity index (χ3v) is 5.62. The SMILES string of the molecule is C/C(F)=C(\F)c1ccc(-c2ccc(/C(F)=C(\F)c3ccc(-c4cc(F)c(F)c(F)c4)c(F)c3)cc2)cc1. The summed E-state index contributed by atoms with van der Waals surface area (Å²) in [7, 11) is 0. The Hall–Kier alpha value is -4.20. The van der Waals surface area contributed by atoms with Gasteiger partial charge in [-0.05, 0) is 41.8 Å². The minimum absolute atomic E-state index is 0.0596. The average Bonchev–Trinajstić information content (AvgIpc) is 2.90. The molecule has 8 heteroatoms. The van der Waals surface area contributed by atoms with E-state index in [2.05, 4.69) is 0 Å². The number of allylic oxidation sites excluding steroid dienone is 1. The fourth-order valence-corrected chi connectivity index (χ4v) is 3.67. The fourth-order valence-electron chi connectivity index (χ4n) is 3.67. The zero-order chi connectivity index (χ0) is 26.9. The summed E-state index contributed by atoms with van der Waals surface area (Å²) in [6, 6.07) is 15.3. The highest BCUT2D eigenvalue weighted by atomic mass is 19.2. The summed E-state index contributed by atoms with van der Waals surface area (Å²) in [6.45, 7) is 1.000. The van der Waals surface area contributed by atoms with E-state index in [0.29, 0.717) is 29.3 Å². The Morgan fingerprint density at radius 3 is 1.35 bits per heavy atom. The summed E-state index contributed by atoms with van der Waals surface area (Å²) in [5, 5.41) is 0. The second-order valence-electron chi connectivity index (χ2n) is 8.08. The van der Waals surface area contributed by atoms with Crippen molar-refractivity contribution in [2.75, 3.05) is 0 Å². The standard InChI is InChI=1S/C29H16F8/c1-15(30)26(34)18-6-2-16(3-7-18)17-4-8-19(9-5-17)27(35)28(36)20-10-11-22(23(31)12-20)21-13-24(32)29(37)25(33)14-21/h2-14H,1H3/b26-15+,28-27+. The zero-order valence-corrected chi connectivity index (χ0v) is 19.0. The molecule has 0 aromatic heterocycles. The molecule has 0 atom stereocenters. The zero-order valence-electron chi connectivity index (χ0n) is 19.0. The van der Waals surface area contributed by atoms with Crippen molar-refractivity contribution in [1.82, 2.24) is 0 Å². The van der Waals surface area contributed by atoms with Gasteiger partial charge in [0.2, 0.25) is 0 Å².